The molecule has 3 atom stereocenters. The molecular weight excluding hydrogens is 274 g/mol. The third-order valence-electron chi connectivity index (χ3n) is 4.25. The summed E-state index contributed by atoms with van der Waals surface area (Å²) in [5.74, 6) is 0. The molecule has 3 nitrogen and oxygen atoms in total. The predicted octanol–water partition coefficient (Wildman–Crippen LogP) is 2.99. The lowest BCUT2D eigenvalue weighted by Crippen LogP contribution is -2.44. The van der Waals surface area contributed by atoms with Gasteiger partial charge in [0, 0.05) is 18.6 Å². The van der Waals surface area contributed by atoms with Crippen LogP contribution in [0.4, 0.5) is 0 Å². The Morgan fingerprint density at radius 2 is 1.45 bits per heavy atom. The van der Waals surface area contributed by atoms with E-state index in [9.17, 15) is 10.2 Å². The molecule has 3 unspecified atom stereocenters. The quantitative estimate of drug-likeness (QED) is 0.826. The molecule has 22 heavy (non-hydrogen) atoms. The van der Waals surface area contributed by atoms with E-state index in [1.165, 1.54) is 11.1 Å². The summed E-state index contributed by atoms with van der Waals surface area (Å²) in [5.41, 5.74) is 2.40. The molecule has 0 radical (unpaired) electrons. The average Bonchev–Trinajstić information content (AvgIpc) is 2.59. The van der Waals surface area contributed by atoms with E-state index in [0.29, 0.717) is 0 Å². The van der Waals surface area contributed by atoms with Crippen molar-refractivity contribution in [3.8, 4) is 0 Å². The smallest absolute Gasteiger partial charge is 0.0923 e. The van der Waals surface area contributed by atoms with E-state index in [2.05, 4.69) is 36.1 Å². The van der Waals surface area contributed by atoms with Gasteiger partial charge in [-0.25, -0.2) is 0 Å². The molecule has 2 N–H and O–H groups in total. The second-order valence-corrected chi connectivity index (χ2v) is 5.74. The van der Waals surface area contributed by atoms with Crippen LogP contribution in [0, 0.1) is 0 Å². The minimum Gasteiger partial charge on any atom is -0.394 e. The lowest BCUT2D eigenvalue weighted by atomic mass is 10.0. The van der Waals surface area contributed by atoms with E-state index in [0.717, 1.165) is 6.54 Å². The second-order valence-electron chi connectivity index (χ2n) is 5.74. The number of benzene rings is 2. The van der Waals surface area contributed by atoms with Crippen LogP contribution < -0.4 is 0 Å². The van der Waals surface area contributed by atoms with E-state index < -0.39 is 6.10 Å². The van der Waals surface area contributed by atoms with Crippen molar-refractivity contribution < 1.29 is 10.2 Å². The lowest BCUT2D eigenvalue weighted by molar-refractivity contribution is -0.000799. The molecular formula is C19H25NO2. The molecule has 0 aromatic heterocycles. The van der Waals surface area contributed by atoms with Gasteiger partial charge in [0.05, 0.1) is 12.7 Å². The first-order chi connectivity index (χ1) is 10.6. The van der Waals surface area contributed by atoms with Crippen LogP contribution in [-0.2, 0) is 6.54 Å². The first-order valence-corrected chi connectivity index (χ1v) is 7.77. The second kappa shape index (κ2) is 8.08. The molecule has 0 aliphatic carbocycles. The van der Waals surface area contributed by atoms with Crippen LogP contribution in [-0.4, -0.2) is 33.9 Å². The molecule has 2 aromatic rings. The molecule has 0 aliphatic rings. The molecule has 0 saturated heterocycles. The SMILES string of the molecule is CC(c1ccccc1)N(Cc1ccccc1)C(C)C(O)CO. The van der Waals surface area contributed by atoms with Crippen molar-refractivity contribution in [3.63, 3.8) is 0 Å². The van der Waals surface area contributed by atoms with E-state index in [-0.39, 0.29) is 18.7 Å². The van der Waals surface area contributed by atoms with Gasteiger partial charge in [-0.05, 0) is 25.0 Å². The van der Waals surface area contributed by atoms with Gasteiger partial charge in [0.1, 0.15) is 0 Å². The maximum Gasteiger partial charge on any atom is 0.0923 e. The molecule has 0 bridgehead atoms. The highest BCUT2D eigenvalue weighted by molar-refractivity contribution is 5.20. The van der Waals surface area contributed by atoms with Crippen LogP contribution in [0.3, 0.4) is 0 Å². The van der Waals surface area contributed by atoms with Gasteiger partial charge < -0.3 is 10.2 Å². The Balaban J connectivity index is 2.24. The normalized spacial score (nSPS) is 15.5. The van der Waals surface area contributed by atoms with Gasteiger partial charge in [0.2, 0.25) is 0 Å². The number of aliphatic hydroxyl groups is 2. The standard InChI is InChI=1S/C19H25NO2/c1-15(18-11-7-4-8-12-18)20(16(2)19(22)14-21)13-17-9-5-3-6-10-17/h3-12,15-16,19,21-22H,13-14H2,1-2H3. The average molecular weight is 299 g/mol. The van der Waals surface area contributed by atoms with E-state index in [1.54, 1.807) is 0 Å². The molecule has 2 rings (SSSR count). The summed E-state index contributed by atoms with van der Waals surface area (Å²) in [6.07, 6.45) is -0.755. The summed E-state index contributed by atoms with van der Waals surface area (Å²) >= 11 is 0. The first kappa shape index (κ1) is 16.7. The Labute approximate surface area is 132 Å². The summed E-state index contributed by atoms with van der Waals surface area (Å²) in [6.45, 7) is 4.60. The van der Waals surface area contributed by atoms with Crippen molar-refractivity contribution in [2.45, 2.75) is 38.6 Å². The summed E-state index contributed by atoms with van der Waals surface area (Å²) in [4.78, 5) is 2.23. The lowest BCUT2D eigenvalue weighted by Gasteiger charge is -2.37. The number of hydrogen-bond donors (Lipinski definition) is 2. The summed E-state index contributed by atoms with van der Waals surface area (Å²) in [5, 5.41) is 19.4. The maximum absolute atomic E-state index is 10.1. The third-order valence-corrected chi connectivity index (χ3v) is 4.25. The van der Waals surface area contributed by atoms with Crippen LogP contribution in [0.2, 0.25) is 0 Å². The van der Waals surface area contributed by atoms with E-state index in [1.807, 2.05) is 43.3 Å². The van der Waals surface area contributed by atoms with Gasteiger partial charge in [-0.3, -0.25) is 4.90 Å². The Morgan fingerprint density at radius 3 is 2.00 bits per heavy atom. The van der Waals surface area contributed by atoms with Crippen molar-refractivity contribution in [2.75, 3.05) is 6.61 Å². The molecule has 3 heteroatoms. The number of rotatable bonds is 7. The highest BCUT2D eigenvalue weighted by Gasteiger charge is 2.26. The van der Waals surface area contributed by atoms with Crippen LogP contribution in [0.25, 0.3) is 0 Å². The van der Waals surface area contributed by atoms with Gasteiger partial charge in [-0.15, -0.1) is 0 Å². The van der Waals surface area contributed by atoms with Crippen molar-refractivity contribution >= 4 is 0 Å². The van der Waals surface area contributed by atoms with Crippen molar-refractivity contribution in [3.05, 3.63) is 71.8 Å². The van der Waals surface area contributed by atoms with Crippen LogP contribution in [0.1, 0.15) is 31.0 Å². The summed E-state index contributed by atoms with van der Waals surface area (Å²) < 4.78 is 0. The first-order valence-electron chi connectivity index (χ1n) is 7.77. The highest BCUT2D eigenvalue weighted by Crippen LogP contribution is 2.25. The molecule has 0 fully saturated rings. The number of hydrogen-bond acceptors (Lipinski definition) is 3. The zero-order valence-electron chi connectivity index (χ0n) is 13.3. The Kier molecular flexibility index (Phi) is 6.13. The minimum atomic E-state index is -0.755. The molecule has 0 heterocycles. The van der Waals surface area contributed by atoms with Crippen LogP contribution in [0.5, 0.6) is 0 Å². The van der Waals surface area contributed by atoms with Crippen LogP contribution in [0.15, 0.2) is 60.7 Å². The zero-order chi connectivity index (χ0) is 15.9. The Bertz CT molecular complexity index is 544. The number of nitrogens with zero attached hydrogens (tertiary/aromatic N) is 1. The fourth-order valence-corrected chi connectivity index (χ4v) is 2.72. The number of aliphatic hydroxyl groups excluding tert-OH is 2. The fourth-order valence-electron chi connectivity index (χ4n) is 2.72. The van der Waals surface area contributed by atoms with Gasteiger partial charge in [0.25, 0.3) is 0 Å². The largest absolute Gasteiger partial charge is 0.394 e. The maximum atomic E-state index is 10.1. The van der Waals surface area contributed by atoms with E-state index in [4.69, 9.17) is 0 Å². The van der Waals surface area contributed by atoms with E-state index >= 15 is 0 Å². The molecule has 118 valence electrons. The third kappa shape index (κ3) is 4.17. The van der Waals surface area contributed by atoms with Gasteiger partial charge in [-0.1, -0.05) is 60.7 Å². The molecule has 0 spiro atoms. The molecule has 0 saturated carbocycles. The van der Waals surface area contributed by atoms with Crippen molar-refractivity contribution in [1.82, 2.24) is 4.90 Å². The van der Waals surface area contributed by atoms with Crippen molar-refractivity contribution in [2.24, 2.45) is 0 Å². The topological polar surface area (TPSA) is 43.7 Å². The predicted molar refractivity (Wildman–Crippen MR) is 89.4 cm³/mol. The van der Waals surface area contributed by atoms with Gasteiger partial charge >= 0.3 is 0 Å². The zero-order valence-corrected chi connectivity index (χ0v) is 13.3. The Hall–Kier alpha value is -1.68. The van der Waals surface area contributed by atoms with Gasteiger partial charge in [-0.2, -0.15) is 0 Å². The minimum absolute atomic E-state index is 0.139. The fraction of sp³-hybridized carbons (Fsp3) is 0.368. The molecule has 0 amide bonds. The molecule has 2 aromatic carbocycles. The van der Waals surface area contributed by atoms with Gasteiger partial charge in [0.15, 0.2) is 0 Å². The summed E-state index contributed by atoms with van der Waals surface area (Å²) in [7, 11) is 0. The van der Waals surface area contributed by atoms with Crippen LogP contribution >= 0.6 is 0 Å². The monoisotopic (exact) mass is 299 g/mol. The summed E-state index contributed by atoms with van der Waals surface area (Å²) in [6, 6.07) is 20.5. The Morgan fingerprint density at radius 1 is 0.909 bits per heavy atom. The van der Waals surface area contributed by atoms with Crippen molar-refractivity contribution in [1.29, 1.82) is 0 Å². The highest BCUT2D eigenvalue weighted by atomic mass is 16.3. The molecule has 0 aliphatic heterocycles.